The highest BCUT2D eigenvalue weighted by Gasteiger charge is 2.16. The van der Waals surface area contributed by atoms with Gasteiger partial charge in [0, 0.05) is 6.42 Å². The van der Waals surface area contributed by atoms with Crippen molar-refractivity contribution in [2.75, 3.05) is 0 Å². The molecule has 0 bridgehead atoms. The van der Waals surface area contributed by atoms with Crippen LogP contribution in [0.3, 0.4) is 0 Å². The summed E-state index contributed by atoms with van der Waals surface area (Å²) in [6, 6.07) is 22.6. The van der Waals surface area contributed by atoms with E-state index in [9.17, 15) is 0 Å². The topological polar surface area (TPSA) is 49.1 Å². The summed E-state index contributed by atoms with van der Waals surface area (Å²) in [7, 11) is 0. The number of rotatable bonds is 8. The van der Waals surface area contributed by atoms with Gasteiger partial charge in [0.2, 0.25) is 0 Å². The van der Waals surface area contributed by atoms with E-state index < -0.39 is 0 Å². The fraction of sp³-hybridized carbons (Fsp3) is 0.321. The minimum absolute atomic E-state index is 0.424. The molecule has 0 spiro atoms. The quantitative estimate of drug-likeness (QED) is 0.401. The Labute approximate surface area is 186 Å². The number of aliphatic imine (C=N–C) groups is 1. The molecule has 0 saturated carbocycles. The van der Waals surface area contributed by atoms with Gasteiger partial charge in [-0.05, 0) is 53.1 Å². The lowest BCUT2D eigenvalue weighted by molar-refractivity contribution is 0.811. The number of aromatic nitrogens is 1. The third kappa shape index (κ3) is 5.75. The number of hydrogen-bond donors (Lipinski definition) is 1. The van der Waals surface area contributed by atoms with Gasteiger partial charge in [-0.1, -0.05) is 82.3 Å². The Balaban J connectivity index is 1.84. The molecule has 1 aromatic heterocycles. The van der Waals surface area contributed by atoms with Crippen molar-refractivity contribution in [3.8, 4) is 0 Å². The summed E-state index contributed by atoms with van der Waals surface area (Å²) in [6.07, 6.45) is 0.596. The van der Waals surface area contributed by atoms with E-state index >= 15 is 0 Å². The van der Waals surface area contributed by atoms with Gasteiger partial charge in [0.15, 0.2) is 0 Å². The fourth-order valence-corrected chi connectivity index (χ4v) is 3.86. The molecule has 31 heavy (non-hydrogen) atoms. The van der Waals surface area contributed by atoms with Gasteiger partial charge in [-0.25, -0.2) is 4.98 Å². The van der Waals surface area contributed by atoms with Gasteiger partial charge >= 0.3 is 0 Å². The molecule has 1 N–H and O–H groups in total. The first-order valence-corrected chi connectivity index (χ1v) is 11.1. The summed E-state index contributed by atoms with van der Waals surface area (Å²) in [5.74, 6) is 0.848. The Morgan fingerprint density at radius 3 is 2.00 bits per heavy atom. The summed E-state index contributed by atoms with van der Waals surface area (Å²) < 4.78 is 0. The minimum atomic E-state index is 0.424. The van der Waals surface area contributed by atoms with Gasteiger partial charge in [0.05, 0.1) is 29.4 Å². The molecule has 0 amide bonds. The van der Waals surface area contributed by atoms with Crippen LogP contribution < -0.4 is 0 Å². The van der Waals surface area contributed by atoms with E-state index in [-0.39, 0.29) is 0 Å². The van der Waals surface area contributed by atoms with E-state index in [4.69, 9.17) is 15.4 Å². The van der Waals surface area contributed by atoms with E-state index in [1.54, 1.807) is 0 Å². The van der Waals surface area contributed by atoms with Crippen molar-refractivity contribution in [1.82, 2.24) is 4.98 Å². The first kappa shape index (κ1) is 22.6. The molecule has 3 aromatic rings. The predicted molar refractivity (Wildman–Crippen MR) is 132 cm³/mol. The lowest BCUT2D eigenvalue weighted by Crippen LogP contribution is -2.13. The van der Waals surface area contributed by atoms with Crippen molar-refractivity contribution in [2.24, 2.45) is 4.99 Å². The summed E-state index contributed by atoms with van der Waals surface area (Å²) in [4.78, 5) is 9.48. The van der Waals surface area contributed by atoms with E-state index in [0.717, 1.165) is 17.1 Å². The lowest BCUT2D eigenvalue weighted by atomic mass is 9.86. The fourth-order valence-electron chi connectivity index (χ4n) is 3.86. The molecule has 2 aromatic carbocycles. The number of pyridine rings is 1. The summed E-state index contributed by atoms with van der Waals surface area (Å²) in [5, 5.41) is 8.81. The Morgan fingerprint density at radius 2 is 1.39 bits per heavy atom. The van der Waals surface area contributed by atoms with Crippen LogP contribution in [0.5, 0.6) is 0 Å². The average molecular weight is 412 g/mol. The molecule has 0 atom stereocenters. The van der Waals surface area contributed by atoms with Crippen LogP contribution in [0.25, 0.3) is 0 Å². The van der Waals surface area contributed by atoms with Crippen LogP contribution in [-0.4, -0.2) is 16.4 Å². The van der Waals surface area contributed by atoms with Gasteiger partial charge in [-0.3, -0.25) is 4.99 Å². The molecule has 3 nitrogen and oxygen atoms in total. The summed E-state index contributed by atoms with van der Waals surface area (Å²) in [6.45, 7) is 11.5. The molecule has 3 heteroatoms. The molecule has 0 radical (unpaired) electrons. The van der Waals surface area contributed by atoms with Crippen molar-refractivity contribution in [3.05, 3.63) is 100 Å². The molecule has 0 unspecified atom stereocenters. The number of nitrogens with one attached hydrogen (secondary N) is 1. The SMILES string of the molecule is CC(=NCc1ccccc1)c1cccc(C(=N)Cc2c(C(C)C)cccc2C(C)C)n1. The molecule has 0 aliphatic heterocycles. The molecule has 160 valence electrons. The lowest BCUT2D eigenvalue weighted by Gasteiger charge is -2.20. The highest BCUT2D eigenvalue weighted by molar-refractivity contribution is 6.01. The van der Waals surface area contributed by atoms with Crippen molar-refractivity contribution in [1.29, 1.82) is 5.41 Å². The monoisotopic (exact) mass is 411 g/mol. The molecule has 0 saturated heterocycles. The van der Waals surface area contributed by atoms with Crippen LogP contribution in [0.15, 0.2) is 71.7 Å². The molecule has 0 aliphatic rings. The van der Waals surface area contributed by atoms with Crippen LogP contribution in [0.1, 0.15) is 80.1 Å². The van der Waals surface area contributed by atoms with Gasteiger partial charge in [-0.15, -0.1) is 0 Å². The van der Waals surface area contributed by atoms with Crippen LogP contribution in [0.2, 0.25) is 0 Å². The van der Waals surface area contributed by atoms with Crippen molar-refractivity contribution >= 4 is 11.4 Å². The minimum Gasteiger partial charge on any atom is -0.303 e. The second kappa shape index (κ2) is 10.3. The van der Waals surface area contributed by atoms with Crippen LogP contribution in [-0.2, 0) is 13.0 Å². The van der Waals surface area contributed by atoms with Crippen LogP contribution in [0.4, 0.5) is 0 Å². The maximum atomic E-state index is 8.81. The molecular formula is C28H33N3. The second-order valence-electron chi connectivity index (χ2n) is 8.68. The maximum Gasteiger partial charge on any atom is 0.0848 e. The van der Waals surface area contributed by atoms with E-state index in [2.05, 4.69) is 58.0 Å². The zero-order valence-corrected chi connectivity index (χ0v) is 19.3. The highest BCUT2D eigenvalue weighted by atomic mass is 14.8. The average Bonchev–Trinajstić information content (AvgIpc) is 2.78. The third-order valence-electron chi connectivity index (χ3n) is 5.62. The van der Waals surface area contributed by atoms with Crippen LogP contribution >= 0.6 is 0 Å². The van der Waals surface area contributed by atoms with Crippen molar-refractivity contribution in [3.63, 3.8) is 0 Å². The second-order valence-corrected chi connectivity index (χ2v) is 8.68. The summed E-state index contributed by atoms with van der Waals surface area (Å²) in [5.41, 5.74) is 8.10. The molecule has 1 heterocycles. The van der Waals surface area contributed by atoms with E-state index in [1.807, 2.05) is 43.3 Å². The van der Waals surface area contributed by atoms with Crippen LogP contribution in [0, 0.1) is 5.41 Å². The zero-order chi connectivity index (χ0) is 22.4. The van der Waals surface area contributed by atoms with Gasteiger partial charge in [0.1, 0.15) is 0 Å². The highest BCUT2D eigenvalue weighted by Crippen LogP contribution is 2.28. The standard InChI is InChI=1S/C28H33N3/c1-19(2)23-13-9-14-24(20(3)4)25(23)17-26(29)28-16-10-15-27(31-28)21(5)30-18-22-11-7-6-8-12-22/h6-16,19-20,29H,17-18H2,1-5H3. The van der Waals surface area contributed by atoms with Crippen molar-refractivity contribution in [2.45, 2.75) is 59.4 Å². The Kier molecular flexibility index (Phi) is 7.51. The van der Waals surface area contributed by atoms with E-state index in [0.29, 0.717) is 30.5 Å². The first-order valence-electron chi connectivity index (χ1n) is 11.1. The smallest absolute Gasteiger partial charge is 0.0848 e. The Hall–Kier alpha value is -3.07. The molecule has 3 rings (SSSR count). The van der Waals surface area contributed by atoms with Gasteiger partial charge < -0.3 is 5.41 Å². The Bertz CT molecular complexity index is 1040. The molecular weight excluding hydrogens is 378 g/mol. The summed E-state index contributed by atoms with van der Waals surface area (Å²) >= 11 is 0. The predicted octanol–water partition coefficient (Wildman–Crippen LogP) is 6.95. The molecule has 0 fully saturated rings. The Morgan fingerprint density at radius 1 is 0.806 bits per heavy atom. The van der Waals surface area contributed by atoms with Crippen molar-refractivity contribution < 1.29 is 0 Å². The van der Waals surface area contributed by atoms with Gasteiger partial charge in [0.25, 0.3) is 0 Å². The largest absolute Gasteiger partial charge is 0.303 e. The number of hydrogen-bond acceptors (Lipinski definition) is 3. The zero-order valence-electron chi connectivity index (χ0n) is 19.3. The third-order valence-corrected chi connectivity index (χ3v) is 5.62. The number of benzene rings is 2. The van der Waals surface area contributed by atoms with E-state index in [1.165, 1.54) is 22.3 Å². The number of nitrogens with zero attached hydrogens (tertiary/aromatic N) is 2. The maximum absolute atomic E-state index is 8.81. The normalized spacial score (nSPS) is 11.9. The molecule has 0 aliphatic carbocycles. The first-order chi connectivity index (χ1) is 14.9. The van der Waals surface area contributed by atoms with Gasteiger partial charge in [-0.2, -0.15) is 0 Å².